The molecule has 0 aromatic rings. The van der Waals surface area contributed by atoms with Crippen molar-refractivity contribution in [1.82, 2.24) is 16.0 Å². The van der Waals surface area contributed by atoms with E-state index in [0.29, 0.717) is 5.75 Å². The monoisotopic (exact) mass is 451 g/mol. The summed E-state index contributed by atoms with van der Waals surface area (Å²) < 4.78 is 0. The highest BCUT2D eigenvalue weighted by atomic mass is 32.2. The Balaban J connectivity index is 5.40. The molecule has 0 spiro atoms. The quantitative estimate of drug-likeness (QED) is 0.127. The minimum absolute atomic E-state index is 0.143. The lowest BCUT2D eigenvalue weighted by atomic mass is 10.1. The molecule has 5 unspecified atom stereocenters. The average molecular weight is 452 g/mol. The number of aliphatic hydroxyl groups is 2. The summed E-state index contributed by atoms with van der Waals surface area (Å²) in [7, 11) is 0. The molecule has 0 radical (unpaired) electrons. The highest BCUT2D eigenvalue weighted by Gasteiger charge is 2.31. The number of primary amides is 1. The van der Waals surface area contributed by atoms with Crippen molar-refractivity contribution in [3.63, 3.8) is 0 Å². The van der Waals surface area contributed by atoms with E-state index in [0.717, 1.165) is 0 Å². The van der Waals surface area contributed by atoms with Crippen molar-refractivity contribution in [2.24, 2.45) is 11.5 Å². The van der Waals surface area contributed by atoms with Crippen molar-refractivity contribution in [1.29, 1.82) is 0 Å². The summed E-state index contributed by atoms with van der Waals surface area (Å²) in [5.74, 6) is -4.72. The number of carbonyl (C=O) groups excluding carboxylic acids is 4. The maximum Gasteiger partial charge on any atom is 0.328 e. The van der Waals surface area contributed by atoms with Crippen LogP contribution in [0.3, 0.4) is 0 Å². The van der Waals surface area contributed by atoms with Gasteiger partial charge in [0.2, 0.25) is 23.6 Å². The number of aliphatic carboxylic acids is 1. The van der Waals surface area contributed by atoms with Crippen molar-refractivity contribution >= 4 is 41.4 Å². The van der Waals surface area contributed by atoms with Crippen LogP contribution in [0.5, 0.6) is 0 Å². The fraction of sp³-hybridized carbons (Fsp3) is 0.688. The minimum atomic E-state index is -1.65. The number of amides is 4. The van der Waals surface area contributed by atoms with E-state index in [1.165, 1.54) is 18.7 Å². The van der Waals surface area contributed by atoms with Gasteiger partial charge in [-0.3, -0.25) is 19.2 Å². The van der Waals surface area contributed by atoms with Crippen LogP contribution in [0.1, 0.15) is 19.8 Å². The van der Waals surface area contributed by atoms with Crippen LogP contribution in [0.2, 0.25) is 0 Å². The average Bonchev–Trinajstić information content (AvgIpc) is 2.66. The van der Waals surface area contributed by atoms with Crippen molar-refractivity contribution in [3.05, 3.63) is 0 Å². The molecule has 172 valence electrons. The molecule has 0 aliphatic rings. The molecule has 5 atom stereocenters. The zero-order valence-electron chi connectivity index (χ0n) is 16.7. The number of thioether (sulfide) groups is 1. The standard InChI is InChI=1S/C16H29N5O8S/c1-7(23)12(18)15(27)19-8(3-4-30-2)13(25)20-9(5-11(17)24)14(26)21-10(6-22)16(28)29/h7-10,12,22-23H,3-6,18H2,1-2H3,(H2,17,24)(H,19,27)(H,20,25)(H,21,26)(H,28,29). The molecular weight excluding hydrogens is 422 g/mol. The summed E-state index contributed by atoms with van der Waals surface area (Å²) in [6.07, 6.45) is 0.0906. The Kier molecular flexibility index (Phi) is 12.6. The first-order chi connectivity index (χ1) is 13.9. The Morgan fingerprint density at radius 1 is 0.967 bits per heavy atom. The third-order valence-electron chi connectivity index (χ3n) is 3.90. The number of aliphatic hydroxyl groups excluding tert-OH is 2. The zero-order valence-corrected chi connectivity index (χ0v) is 17.5. The molecule has 0 aromatic carbocycles. The fourth-order valence-electron chi connectivity index (χ4n) is 2.13. The van der Waals surface area contributed by atoms with Gasteiger partial charge in [0, 0.05) is 0 Å². The molecule has 0 saturated heterocycles. The Hall–Kier alpha value is -2.42. The third kappa shape index (κ3) is 9.87. The summed E-state index contributed by atoms with van der Waals surface area (Å²) in [5.41, 5.74) is 10.6. The molecule has 10 N–H and O–H groups in total. The van der Waals surface area contributed by atoms with E-state index >= 15 is 0 Å². The number of carbonyl (C=O) groups is 5. The number of rotatable bonds is 14. The van der Waals surface area contributed by atoms with E-state index in [4.69, 9.17) is 21.7 Å². The second-order valence-electron chi connectivity index (χ2n) is 6.42. The first kappa shape index (κ1) is 27.6. The number of hydrogen-bond acceptors (Lipinski definition) is 9. The van der Waals surface area contributed by atoms with Gasteiger partial charge in [-0.1, -0.05) is 0 Å². The van der Waals surface area contributed by atoms with E-state index in [-0.39, 0.29) is 6.42 Å². The van der Waals surface area contributed by atoms with Crippen LogP contribution in [-0.4, -0.2) is 93.8 Å². The minimum Gasteiger partial charge on any atom is -0.480 e. The predicted octanol–water partition coefficient (Wildman–Crippen LogP) is -4.15. The summed E-state index contributed by atoms with van der Waals surface area (Å²) in [4.78, 5) is 59.2. The topological polar surface area (TPSA) is 234 Å². The Labute approximate surface area is 177 Å². The molecule has 30 heavy (non-hydrogen) atoms. The summed E-state index contributed by atoms with van der Waals surface area (Å²) >= 11 is 1.38. The van der Waals surface area contributed by atoms with Gasteiger partial charge >= 0.3 is 5.97 Å². The molecule has 13 nitrogen and oxygen atoms in total. The van der Waals surface area contributed by atoms with Crippen LogP contribution in [0.25, 0.3) is 0 Å². The smallest absolute Gasteiger partial charge is 0.328 e. The Bertz CT molecular complexity index is 633. The summed E-state index contributed by atoms with van der Waals surface area (Å²) in [6, 6.07) is -5.63. The SMILES string of the molecule is CSCCC(NC(=O)C(N)C(C)O)C(=O)NC(CC(N)=O)C(=O)NC(CO)C(=O)O. The van der Waals surface area contributed by atoms with Crippen molar-refractivity contribution in [2.75, 3.05) is 18.6 Å². The lowest BCUT2D eigenvalue weighted by Gasteiger charge is -2.24. The van der Waals surface area contributed by atoms with Crippen LogP contribution in [0.15, 0.2) is 0 Å². The highest BCUT2D eigenvalue weighted by Crippen LogP contribution is 2.04. The van der Waals surface area contributed by atoms with E-state index < -0.39 is 72.9 Å². The van der Waals surface area contributed by atoms with Gasteiger partial charge < -0.3 is 42.7 Å². The highest BCUT2D eigenvalue weighted by molar-refractivity contribution is 7.98. The van der Waals surface area contributed by atoms with Crippen LogP contribution in [-0.2, 0) is 24.0 Å². The molecule has 0 aliphatic carbocycles. The number of carboxylic acids is 1. The van der Waals surface area contributed by atoms with Crippen LogP contribution >= 0.6 is 11.8 Å². The molecule has 0 aromatic heterocycles. The predicted molar refractivity (Wildman–Crippen MR) is 107 cm³/mol. The van der Waals surface area contributed by atoms with E-state index in [9.17, 15) is 29.1 Å². The molecule has 0 aliphatic heterocycles. The first-order valence-corrected chi connectivity index (χ1v) is 10.3. The molecule has 0 saturated carbocycles. The number of hydrogen-bond donors (Lipinski definition) is 8. The van der Waals surface area contributed by atoms with Gasteiger partial charge in [0.15, 0.2) is 0 Å². The van der Waals surface area contributed by atoms with E-state index in [1.54, 1.807) is 6.26 Å². The fourth-order valence-corrected chi connectivity index (χ4v) is 2.60. The van der Waals surface area contributed by atoms with Gasteiger partial charge in [-0.15, -0.1) is 0 Å². The first-order valence-electron chi connectivity index (χ1n) is 8.90. The normalized spacial score (nSPS) is 15.8. The number of nitrogens with two attached hydrogens (primary N) is 2. The Morgan fingerprint density at radius 3 is 1.90 bits per heavy atom. The summed E-state index contributed by atoms with van der Waals surface area (Å²) in [5, 5.41) is 33.9. The largest absolute Gasteiger partial charge is 0.480 e. The number of carboxylic acid groups (broad SMARTS) is 1. The maximum absolute atomic E-state index is 12.6. The molecule has 0 fully saturated rings. The second kappa shape index (κ2) is 13.7. The van der Waals surface area contributed by atoms with Crippen LogP contribution in [0, 0.1) is 0 Å². The van der Waals surface area contributed by atoms with Gasteiger partial charge in [-0.25, -0.2) is 4.79 Å². The number of nitrogens with one attached hydrogen (secondary N) is 3. The molecule has 0 heterocycles. The maximum atomic E-state index is 12.6. The van der Waals surface area contributed by atoms with Crippen molar-refractivity contribution in [3.8, 4) is 0 Å². The lowest BCUT2D eigenvalue weighted by Crippen LogP contribution is -2.59. The lowest BCUT2D eigenvalue weighted by molar-refractivity contribution is -0.143. The Morgan fingerprint density at radius 2 is 1.47 bits per heavy atom. The van der Waals surface area contributed by atoms with Crippen LogP contribution < -0.4 is 27.4 Å². The molecule has 0 bridgehead atoms. The van der Waals surface area contributed by atoms with Crippen LogP contribution in [0.4, 0.5) is 0 Å². The zero-order chi connectivity index (χ0) is 23.4. The third-order valence-corrected chi connectivity index (χ3v) is 4.55. The molecule has 4 amide bonds. The van der Waals surface area contributed by atoms with E-state index in [2.05, 4.69) is 10.6 Å². The van der Waals surface area contributed by atoms with Gasteiger partial charge in [-0.2, -0.15) is 11.8 Å². The van der Waals surface area contributed by atoms with Gasteiger partial charge in [-0.05, 0) is 25.4 Å². The van der Waals surface area contributed by atoms with Gasteiger partial charge in [0.25, 0.3) is 0 Å². The van der Waals surface area contributed by atoms with E-state index in [1.807, 2.05) is 5.32 Å². The summed E-state index contributed by atoms with van der Waals surface area (Å²) in [6.45, 7) is 0.385. The molecular formula is C16H29N5O8S. The van der Waals surface area contributed by atoms with Crippen molar-refractivity contribution in [2.45, 2.75) is 50.0 Å². The molecule has 14 heteroatoms. The molecule has 0 rings (SSSR count). The van der Waals surface area contributed by atoms with Gasteiger partial charge in [0.1, 0.15) is 24.2 Å². The van der Waals surface area contributed by atoms with Crippen molar-refractivity contribution < 1.29 is 39.3 Å². The van der Waals surface area contributed by atoms with Gasteiger partial charge in [0.05, 0.1) is 19.1 Å². The second-order valence-corrected chi connectivity index (χ2v) is 7.41.